The Balaban J connectivity index is 0.00000155. The quantitative estimate of drug-likeness (QED) is 0.749. The lowest BCUT2D eigenvalue weighted by atomic mass is 10.0. The predicted molar refractivity (Wildman–Crippen MR) is 91.1 cm³/mol. The molecule has 118 valence electrons. The molecule has 0 bridgehead atoms. The van der Waals surface area contributed by atoms with Crippen LogP contribution in [0, 0.1) is 5.41 Å². The van der Waals surface area contributed by atoms with E-state index < -0.39 is 0 Å². The van der Waals surface area contributed by atoms with Gasteiger partial charge < -0.3 is 4.42 Å². The Labute approximate surface area is 132 Å². The van der Waals surface area contributed by atoms with E-state index in [0.717, 1.165) is 11.3 Å². The second-order valence-corrected chi connectivity index (χ2v) is 4.45. The van der Waals surface area contributed by atoms with Crippen LogP contribution in [0.15, 0.2) is 53.8 Å². The summed E-state index contributed by atoms with van der Waals surface area (Å²) in [7, 11) is 0. The number of carbonyl (C=O) groups is 1. The van der Waals surface area contributed by atoms with Gasteiger partial charge in [0.1, 0.15) is 5.71 Å². The van der Waals surface area contributed by atoms with Gasteiger partial charge in [-0.2, -0.15) is 0 Å². The fourth-order valence-corrected chi connectivity index (χ4v) is 1.85. The highest BCUT2D eigenvalue weighted by atomic mass is 16.3. The van der Waals surface area contributed by atoms with E-state index in [9.17, 15) is 4.79 Å². The Morgan fingerprint density at radius 3 is 2.64 bits per heavy atom. The first-order valence-electron chi connectivity index (χ1n) is 7.43. The molecule has 2 aromatic heterocycles. The summed E-state index contributed by atoms with van der Waals surface area (Å²) in [4.78, 5) is 16.0. The van der Waals surface area contributed by atoms with Gasteiger partial charge in [0.15, 0.2) is 11.5 Å². The van der Waals surface area contributed by atoms with Gasteiger partial charge in [0.2, 0.25) is 0 Å². The van der Waals surface area contributed by atoms with Crippen LogP contribution in [0.1, 0.15) is 46.0 Å². The van der Waals surface area contributed by atoms with E-state index >= 15 is 0 Å². The van der Waals surface area contributed by atoms with Crippen LogP contribution in [0.25, 0.3) is 5.57 Å². The maximum absolute atomic E-state index is 11.8. The molecule has 0 radical (unpaired) electrons. The number of nitrogens with one attached hydrogen (secondary N) is 1. The summed E-state index contributed by atoms with van der Waals surface area (Å²) in [5.74, 6) is 0.104. The molecule has 0 aliphatic rings. The molecule has 0 spiro atoms. The average Bonchev–Trinajstić information content (AvgIpc) is 3.11. The Morgan fingerprint density at radius 2 is 2.05 bits per heavy atom. The van der Waals surface area contributed by atoms with Crippen LogP contribution in [-0.4, -0.2) is 16.5 Å². The second-order valence-electron chi connectivity index (χ2n) is 4.45. The zero-order valence-electron chi connectivity index (χ0n) is 13.1. The smallest absolute Gasteiger partial charge is 0.184 e. The monoisotopic (exact) mass is 300 g/mol. The number of Topliss-reactive ketones (excluding diaryl/α,β-unsaturated/α-hetero) is 1. The molecular weight excluding hydrogens is 276 g/mol. The van der Waals surface area contributed by atoms with Crippen molar-refractivity contribution >= 4 is 17.1 Å². The fraction of sp³-hybridized carbons (Fsp3) is 0.278. The summed E-state index contributed by atoms with van der Waals surface area (Å²) >= 11 is 0. The van der Waals surface area contributed by atoms with Crippen molar-refractivity contribution in [2.75, 3.05) is 0 Å². The normalized spacial score (nSPS) is 9.55. The lowest BCUT2D eigenvalue weighted by molar-refractivity contribution is -0.113. The van der Waals surface area contributed by atoms with Crippen molar-refractivity contribution in [1.29, 1.82) is 5.41 Å². The van der Waals surface area contributed by atoms with Gasteiger partial charge in [-0.1, -0.05) is 26.5 Å². The molecule has 2 aromatic rings. The minimum Gasteiger partial charge on any atom is -0.463 e. The third-order valence-corrected chi connectivity index (χ3v) is 2.96. The molecule has 0 aromatic carbocycles. The van der Waals surface area contributed by atoms with Crippen LogP contribution in [0.3, 0.4) is 0 Å². The minimum atomic E-state index is -0.214. The van der Waals surface area contributed by atoms with Gasteiger partial charge in [0.05, 0.1) is 12.0 Å². The van der Waals surface area contributed by atoms with E-state index in [1.165, 1.54) is 6.26 Å². The van der Waals surface area contributed by atoms with Gasteiger partial charge in [0.25, 0.3) is 0 Å². The molecular formula is C18H24N2O2. The third kappa shape index (κ3) is 5.13. The largest absolute Gasteiger partial charge is 0.463 e. The number of rotatable bonds is 7. The maximum atomic E-state index is 11.8. The van der Waals surface area contributed by atoms with Gasteiger partial charge >= 0.3 is 0 Å². The van der Waals surface area contributed by atoms with E-state index in [0.29, 0.717) is 25.0 Å². The molecule has 0 aliphatic heterocycles. The first-order chi connectivity index (χ1) is 10.7. The highest BCUT2D eigenvalue weighted by Gasteiger charge is 2.14. The second kappa shape index (κ2) is 9.45. The Hall–Kier alpha value is -2.49. The minimum absolute atomic E-state index is 0. The number of nitrogens with zero attached hydrogens (tertiary/aromatic N) is 1. The highest BCUT2D eigenvalue weighted by molar-refractivity contribution is 6.44. The fourth-order valence-electron chi connectivity index (χ4n) is 1.85. The van der Waals surface area contributed by atoms with Gasteiger partial charge in [-0.3, -0.25) is 15.2 Å². The molecule has 1 N–H and O–H groups in total. The highest BCUT2D eigenvalue weighted by Crippen LogP contribution is 2.16. The van der Waals surface area contributed by atoms with Crippen molar-refractivity contribution in [3.05, 3.63) is 60.8 Å². The predicted octanol–water partition coefficient (Wildman–Crippen LogP) is 4.77. The van der Waals surface area contributed by atoms with Crippen LogP contribution in [0.4, 0.5) is 0 Å². The van der Waals surface area contributed by atoms with Crippen LogP contribution in [-0.2, 0) is 4.79 Å². The van der Waals surface area contributed by atoms with Crippen molar-refractivity contribution < 1.29 is 10.6 Å². The third-order valence-electron chi connectivity index (χ3n) is 2.96. The SMILES string of the molecule is C=C(CCCC(=O)C(=N)c1ccco1)c1ccccn1.CC.[HH]. The molecule has 2 rings (SSSR count). The van der Waals surface area contributed by atoms with E-state index in [-0.39, 0.29) is 12.9 Å². The Kier molecular flexibility index (Phi) is 7.54. The van der Waals surface area contributed by atoms with E-state index in [2.05, 4.69) is 11.6 Å². The molecule has 4 nitrogen and oxygen atoms in total. The number of hydrogen-bond donors (Lipinski definition) is 1. The number of furan rings is 1. The zero-order chi connectivity index (χ0) is 16.4. The van der Waals surface area contributed by atoms with Gasteiger partial charge in [-0.25, -0.2) is 0 Å². The van der Waals surface area contributed by atoms with Crippen molar-refractivity contribution in [3.8, 4) is 0 Å². The van der Waals surface area contributed by atoms with Gasteiger partial charge in [-0.05, 0) is 42.7 Å². The summed E-state index contributed by atoms with van der Waals surface area (Å²) in [5.41, 5.74) is 1.68. The summed E-state index contributed by atoms with van der Waals surface area (Å²) < 4.78 is 5.04. The lowest BCUT2D eigenvalue weighted by Gasteiger charge is -2.04. The topological polar surface area (TPSA) is 67.0 Å². The summed E-state index contributed by atoms with van der Waals surface area (Å²) in [6.07, 6.45) is 4.83. The van der Waals surface area contributed by atoms with Crippen LogP contribution < -0.4 is 0 Å². The summed E-state index contributed by atoms with van der Waals surface area (Å²) in [6, 6.07) is 8.94. The molecule has 0 amide bonds. The van der Waals surface area contributed by atoms with Gasteiger partial charge in [0, 0.05) is 14.0 Å². The number of ketones is 1. The van der Waals surface area contributed by atoms with Crippen LogP contribution in [0.2, 0.25) is 0 Å². The van der Waals surface area contributed by atoms with E-state index in [1.54, 1.807) is 18.3 Å². The van der Waals surface area contributed by atoms with Crippen LogP contribution in [0.5, 0.6) is 0 Å². The summed E-state index contributed by atoms with van der Waals surface area (Å²) in [6.45, 7) is 7.97. The van der Waals surface area contributed by atoms with Gasteiger partial charge in [-0.15, -0.1) is 0 Å². The molecule has 0 aliphatic carbocycles. The Bertz CT molecular complexity index is 607. The number of aromatic nitrogens is 1. The molecule has 4 heteroatoms. The van der Waals surface area contributed by atoms with Crippen molar-refractivity contribution in [2.45, 2.75) is 33.1 Å². The number of carbonyl (C=O) groups excluding carboxylic acids is 1. The standard InChI is InChI=1S/C16H16N2O2.C2H6.H2/c1-12(13-7-2-3-10-18-13)6-4-8-14(19)16(17)15-9-5-11-20-15;1-2;/h2-3,5,7,9-11,17H,1,4,6,8H2;1-2H3;1H. The lowest BCUT2D eigenvalue weighted by Crippen LogP contribution is -2.13. The molecule has 2 heterocycles. The number of hydrogen-bond acceptors (Lipinski definition) is 4. The molecule has 0 fully saturated rings. The molecule has 0 saturated carbocycles. The number of allylic oxidation sites excluding steroid dienone is 1. The zero-order valence-corrected chi connectivity index (χ0v) is 13.1. The van der Waals surface area contributed by atoms with Crippen molar-refractivity contribution in [2.24, 2.45) is 0 Å². The van der Waals surface area contributed by atoms with Crippen molar-refractivity contribution in [1.82, 2.24) is 4.98 Å². The van der Waals surface area contributed by atoms with Crippen LogP contribution >= 0.6 is 0 Å². The van der Waals surface area contributed by atoms with E-state index in [4.69, 9.17) is 9.83 Å². The molecule has 0 saturated heterocycles. The molecule has 0 atom stereocenters. The first kappa shape index (κ1) is 17.6. The molecule has 22 heavy (non-hydrogen) atoms. The molecule has 0 unspecified atom stereocenters. The van der Waals surface area contributed by atoms with E-state index in [1.807, 2.05) is 32.0 Å². The summed E-state index contributed by atoms with van der Waals surface area (Å²) in [5, 5.41) is 7.72. The Morgan fingerprint density at radius 1 is 1.27 bits per heavy atom. The van der Waals surface area contributed by atoms with Crippen molar-refractivity contribution in [3.63, 3.8) is 0 Å². The first-order valence-corrected chi connectivity index (χ1v) is 7.43. The number of pyridine rings is 1. The average molecular weight is 300 g/mol. The maximum Gasteiger partial charge on any atom is 0.184 e.